The molecule has 1 saturated carbocycles. The molecule has 0 atom stereocenters. The lowest BCUT2D eigenvalue weighted by Crippen LogP contribution is -2.48. The largest absolute Gasteiger partial charge is 0.366 e. The van der Waals surface area contributed by atoms with Crippen LogP contribution in [0, 0.1) is 0 Å². The smallest absolute Gasteiger partial charge is 0.274 e. The highest BCUT2D eigenvalue weighted by Crippen LogP contribution is 2.20. The second kappa shape index (κ2) is 7.73. The zero-order chi connectivity index (χ0) is 16.1. The third-order valence-corrected chi connectivity index (χ3v) is 4.95. The molecule has 2 aliphatic rings. The van der Waals surface area contributed by atoms with Crippen molar-refractivity contribution in [1.29, 1.82) is 0 Å². The van der Waals surface area contributed by atoms with Gasteiger partial charge in [0.15, 0.2) is 5.69 Å². The minimum Gasteiger partial charge on any atom is -0.366 e. The van der Waals surface area contributed by atoms with Crippen LogP contribution in [0.25, 0.3) is 0 Å². The number of nitrogens with zero attached hydrogens (tertiary/aromatic N) is 4. The Bertz CT molecular complexity index is 504. The van der Waals surface area contributed by atoms with E-state index in [0.717, 1.165) is 38.5 Å². The molecule has 0 unspecified atom stereocenters. The molecule has 6 heteroatoms. The van der Waals surface area contributed by atoms with Crippen LogP contribution in [0.2, 0.25) is 0 Å². The number of nitrogens with one attached hydrogen (secondary N) is 1. The van der Waals surface area contributed by atoms with E-state index >= 15 is 0 Å². The van der Waals surface area contributed by atoms with Crippen molar-refractivity contribution in [2.75, 3.05) is 38.0 Å². The van der Waals surface area contributed by atoms with Gasteiger partial charge in [-0.3, -0.25) is 4.79 Å². The summed E-state index contributed by atoms with van der Waals surface area (Å²) in [6.07, 6.45) is 6.30. The number of hydrogen-bond donors (Lipinski definition) is 1. The molecule has 0 radical (unpaired) electrons. The van der Waals surface area contributed by atoms with Crippen LogP contribution < -0.4 is 5.32 Å². The van der Waals surface area contributed by atoms with Crippen molar-refractivity contribution in [2.24, 2.45) is 0 Å². The molecular formula is C17H27N5O. The summed E-state index contributed by atoms with van der Waals surface area (Å²) in [5.74, 6) is 0.779. The van der Waals surface area contributed by atoms with Gasteiger partial charge in [-0.2, -0.15) is 0 Å². The molecule has 1 aliphatic carbocycles. The van der Waals surface area contributed by atoms with E-state index in [1.165, 1.54) is 32.1 Å². The molecule has 6 nitrogen and oxygen atoms in total. The molecule has 1 aromatic rings. The molecule has 1 N–H and O–H groups in total. The maximum absolute atomic E-state index is 12.5. The van der Waals surface area contributed by atoms with Gasteiger partial charge in [0, 0.05) is 32.2 Å². The van der Waals surface area contributed by atoms with Crippen molar-refractivity contribution >= 4 is 11.7 Å². The summed E-state index contributed by atoms with van der Waals surface area (Å²) in [6.45, 7) is 6.63. The molecular weight excluding hydrogens is 290 g/mol. The van der Waals surface area contributed by atoms with Gasteiger partial charge in [0.25, 0.3) is 5.91 Å². The van der Waals surface area contributed by atoms with Gasteiger partial charge in [-0.05, 0) is 31.5 Å². The van der Waals surface area contributed by atoms with Gasteiger partial charge in [-0.15, -0.1) is 10.2 Å². The highest BCUT2D eigenvalue weighted by atomic mass is 16.2. The van der Waals surface area contributed by atoms with Gasteiger partial charge in [-0.1, -0.05) is 26.2 Å². The first-order valence-corrected chi connectivity index (χ1v) is 8.88. The summed E-state index contributed by atoms with van der Waals surface area (Å²) in [4.78, 5) is 16.7. The summed E-state index contributed by atoms with van der Waals surface area (Å²) in [6, 6.07) is 4.19. The average molecular weight is 317 g/mol. The number of anilines is 1. The topological polar surface area (TPSA) is 61.4 Å². The number of amides is 1. The first kappa shape index (κ1) is 16.2. The van der Waals surface area contributed by atoms with Gasteiger partial charge in [0.05, 0.1) is 0 Å². The van der Waals surface area contributed by atoms with Crippen LogP contribution in [-0.4, -0.2) is 64.7 Å². The van der Waals surface area contributed by atoms with Crippen LogP contribution in [0.3, 0.4) is 0 Å². The predicted octanol–water partition coefficient (Wildman–Crippen LogP) is 2.00. The minimum atomic E-state index is -0.00234. The van der Waals surface area contributed by atoms with E-state index < -0.39 is 0 Å². The molecule has 2 fully saturated rings. The number of hydrogen-bond acceptors (Lipinski definition) is 5. The summed E-state index contributed by atoms with van der Waals surface area (Å²) in [5.41, 5.74) is 0.448. The van der Waals surface area contributed by atoms with Crippen molar-refractivity contribution in [1.82, 2.24) is 20.0 Å². The average Bonchev–Trinajstić information content (AvgIpc) is 2.63. The van der Waals surface area contributed by atoms with Crippen LogP contribution in [0.5, 0.6) is 0 Å². The van der Waals surface area contributed by atoms with Gasteiger partial charge >= 0.3 is 0 Å². The third kappa shape index (κ3) is 4.19. The molecule has 2 heterocycles. The Morgan fingerprint density at radius 3 is 2.48 bits per heavy atom. The fourth-order valence-electron chi connectivity index (χ4n) is 3.41. The normalized spacial score (nSPS) is 20.5. The number of carbonyl (C=O) groups is 1. The Morgan fingerprint density at radius 1 is 1.13 bits per heavy atom. The van der Waals surface area contributed by atoms with E-state index in [1.807, 2.05) is 11.0 Å². The quantitative estimate of drug-likeness (QED) is 0.920. The Hall–Kier alpha value is -1.69. The molecule has 3 rings (SSSR count). The lowest BCUT2D eigenvalue weighted by atomic mass is 9.95. The van der Waals surface area contributed by atoms with Gasteiger partial charge in [0.1, 0.15) is 5.82 Å². The van der Waals surface area contributed by atoms with E-state index in [-0.39, 0.29) is 5.91 Å². The lowest BCUT2D eigenvalue weighted by Gasteiger charge is -2.33. The fraction of sp³-hybridized carbons (Fsp3) is 0.706. The second-order valence-corrected chi connectivity index (χ2v) is 6.51. The van der Waals surface area contributed by atoms with E-state index in [0.29, 0.717) is 11.7 Å². The van der Waals surface area contributed by atoms with E-state index in [2.05, 4.69) is 27.3 Å². The highest BCUT2D eigenvalue weighted by Gasteiger charge is 2.22. The molecule has 0 spiro atoms. The highest BCUT2D eigenvalue weighted by molar-refractivity contribution is 5.92. The summed E-state index contributed by atoms with van der Waals surface area (Å²) in [7, 11) is 0. The number of carbonyl (C=O) groups excluding carboxylic acids is 1. The number of aromatic nitrogens is 2. The van der Waals surface area contributed by atoms with Gasteiger partial charge < -0.3 is 15.1 Å². The Kier molecular flexibility index (Phi) is 5.43. The fourth-order valence-corrected chi connectivity index (χ4v) is 3.41. The lowest BCUT2D eigenvalue weighted by molar-refractivity contribution is 0.0636. The van der Waals surface area contributed by atoms with Crippen LogP contribution in [-0.2, 0) is 0 Å². The first-order chi connectivity index (χ1) is 11.3. The molecule has 1 aliphatic heterocycles. The SMILES string of the molecule is CCN1CCN(C(=O)c2ccc(NC3CCCCC3)nn2)CC1. The van der Waals surface area contributed by atoms with Crippen molar-refractivity contribution in [3.8, 4) is 0 Å². The van der Waals surface area contributed by atoms with Crippen LogP contribution in [0.15, 0.2) is 12.1 Å². The molecule has 1 amide bonds. The third-order valence-electron chi connectivity index (χ3n) is 4.95. The second-order valence-electron chi connectivity index (χ2n) is 6.51. The summed E-state index contributed by atoms with van der Waals surface area (Å²) >= 11 is 0. The Labute approximate surface area is 138 Å². The first-order valence-electron chi connectivity index (χ1n) is 8.88. The zero-order valence-corrected chi connectivity index (χ0v) is 14.0. The minimum absolute atomic E-state index is 0.00234. The molecule has 1 saturated heterocycles. The van der Waals surface area contributed by atoms with Crippen molar-refractivity contribution < 1.29 is 4.79 Å². The molecule has 0 aromatic carbocycles. The number of rotatable bonds is 4. The Balaban J connectivity index is 1.55. The standard InChI is InChI=1S/C17H27N5O/c1-2-21-10-12-22(13-11-21)17(23)15-8-9-16(20-19-15)18-14-6-4-3-5-7-14/h8-9,14H,2-7,10-13H2,1H3,(H,18,20). The monoisotopic (exact) mass is 317 g/mol. The molecule has 0 bridgehead atoms. The van der Waals surface area contributed by atoms with Crippen molar-refractivity contribution in [3.63, 3.8) is 0 Å². The summed E-state index contributed by atoms with van der Waals surface area (Å²) < 4.78 is 0. The molecule has 23 heavy (non-hydrogen) atoms. The Morgan fingerprint density at radius 2 is 1.87 bits per heavy atom. The molecule has 1 aromatic heterocycles. The maximum atomic E-state index is 12.5. The van der Waals surface area contributed by atoms with Crippen molar-refractivity contribution in [2.45, 2.75) is 45.1 Å². The maximum Gasteiger partial charge on any atom is 0.274 e. The van der Waals surface area contributed by atoms with Gasteiger partial charge in [0.2, 0.25) is 0 Å². The van der Waals surface area contributed by atoms with E-state index in [9.17, 15) is 4.79 Å². The predicted molar refractivity (Wildman–Crippen MR) is 90.5 cm³/mol. The van der Waals surface area contributed by atoms with E-state index in [1.54, 1.807) is 6.07 Å². The van der Waals surface area contributed by atoms with Gasteiger partial charge in [-0.25, -0.2) is 0 Å². The number of likely N-dealkylation sites (N-methyl/N-ethyl adjacent to an activating group) is 1. The van der Waals surface area contributed by atoms with Crippen LogP contribution in [0.1, 0.15) is 49.5 Å². The number of piperazine rings is 1. The van der Waals surface area contributed by atoms with Crippen LogP contribution >= 0.6 is 0 Å². The van der Waals surface area contributed by atoms with Crippen LogP contribution in [0.4, 0.5) is 5.82 Å². The van der Waals surface area contributed by atoms with E-state index in [4.69, 9.17) is 0 Å². The van der Waals surface area contributed by atoms with Crippen molar-refractivity contribution in [3.05, 3.63) is 17.8 Å². The molecule has 126 valence electrons. The summed E-state index contributed by atoms with van der Waals surface area (Å²) in [5, 5.41) is 11.8. The zero-order valence-electron chi connectivity index (χ0n) is 14.0.